The van der Waals surface area contributed by atoms with Crippen molar-refractivity contribution in [1.82, 2.24) is 9.71 Å². The SMILES string of the molecule is C=S1(=O)NC(c2cc3ccccc3[nH]2)=Cc2ccccc21. The molecule has 1 unspecified atom stereocenters. The molecule has 0 saturated carbocycles. The third-order valence-electron chi connectivity index (χ3n) is 3.67. The van der Waals surface area contributed by atoms with Crippen molar-refractivity contribution in [2.45, 2.75) is 4.90 Å². The van der Waals surface area contributed by atoms with Gasteiger partial charge in [-0.1, -0.05) is 36.4 Å². The van der Waals surface area contributed by atoms with Crippen molar-refractivity contribution in [1.29, 1.82) is 0 Å². The lowest BCUT2D eigenvalue weighted by Gasteiger charge is -2.22. The van der Waals surface area contributed by atoms with Crippen LogP contribution >= 0.6 is 0 Å². The predicted molar refractivity (Wildman–Crippen MR) is 89.3 cm³/mol. The fourth-order valence-electron chi connectivity index (χ4n) is 2.67. The minimum atomic E-state index is -2.52. The molecule has 1 atom stereocenters. The number of aromatic nitrogens is 1. The molecule has 0 aliphatic carbocycles. The number of H-pyrrole nitrogens is 1. The highest BCUT2D eigenvalue weighted by Crippen LogP contribution is 2.29. The maximum Gasteiger partial charge on any atom is 0.0745 e. The van der Waals surface area contributed by atoms with Gasteiger partial charge in [0.15, 0.2) is 0 Å². The summed E-state index contributed by atoms with van der Waals surface area (Å²) >= 11 is 0. The van der Waals surface area contributed by atoms with Gasteiger partial charge in [-0.2, -0.15) is 0 Å². The van der Waals surface area contributed by atoms with Crippen molar-refractivity contribution >= 4 is 38.3 Å². The highest BCUT2D eigenvalue weighted by atomic mass is 32.2. The van der Waals surface area contributed by atoms with Crippen molar-refractivity contribution in [2.24, 2.45) is 0 Å². The van der Waals surface area contributed by atoms with Crippen LogP contribution in [0.25, 0.3) is 22.7 Å². The second-order valence-electron chi connectivity index (χ2n) is 5.14. The van der Waals surface area contributed by atoms with Gasteiger partial charge in [0.2, 0.25) is 0 Å². The Morgan fingerprint density at radius 1 is 1.00 bits per heavy atom. The lowest BCUT2D eigenvalue weighted by Crippen LogP contribution is -2.26. The van der Waals surface area contributed by atoms with Crippen LogP contribution < -0.4 is 4.72 Å². The Hall–Kier alpha value is -2.46. The van der Waals surface area contributed by atoms with Gasteiger partial charge in [0.25, 0.3) is 0 Å². The number of rotatable bonds is 1. The molecule has 2 heterocycles. The van der Waals surface area contributed by atoms with Crippen LogP contribution in [0.15, 0.2) is 59.5 Å². The maximum absolute atomic E-state index is 12.8. The molecule has 21 heavy (non-hydrogen) atoms. The van der Waals surface area contributed by atoms with Crippen LogP contribution in [0.3, 0.4) is 0 Å². The topological polar surface area (TPSA) is 44.9 Å². The zero-order chi connectivity index (χ0) is 14.4. The van der Waals surface area contributed by atoms with Gasteiger partial charge in [-0.25, -0.2) is 4.21 Å². The molecule has 4 heteroatoms. The quantitative estimate of drug-likeness (QED) is 0.665. The highest BCUT2D eigenvalue weighted by molar-refractivity contribution is 7.99. The van der Waals surface area contributed by atoms with Gasteiger partial charge >= 0.3 is 0 Å². The second-order valence-corrected chi connectivity index (χ2v) is 7.14. The molecule has 4 rings (SSSR count). The van der Waals surface area contributed by atoms with Crippen LogP contribution in [0.2, 0.25) is 0 Å². The zero-order valence-electron chi connectivity index (χ0n) is 11.3. The van der Waals surface area contributed by atoms with E-state index in [4.69, 9.17) is 0 Å². The van der Waals surface area contributed by atoms with E-state index in [1.165, 1.54) is 0 Å². The molecule has 1 aliphatic rings. The first-order chi connectivity index (χ1) is 10.1. The monoisotopic (exact) mass is 294 g/mol. The van der Waals surface area contributed by atoms with Crippen molar-refractivity contribution in [3.8, 4) is 0 Å². The minimum Gasteiger partial charge on any atom is -0.353 e. The van der Waals surface area contributed by atoms with Crippen LogP contribution in [-0.2, 0) is 9.71 Å². The highest BCUT2D eigenvalue weighted by Gasteiger charge is 2.20. The molecule has 0 radical (unpaired) electrons. The molecule has 2 aromatic carbocycles. The molecule has 1 aliphatic heterocycles. The van der Waals surface area contributed by atoms with Gasteiger partial charge in [-0.05, 0) is 35.7 Å². The van der Waals surface area contributed by atoms with E-state index in [1.807, 2.05) is 54.6 Å². The number of hydrogen-bond donors (Lipinski definition) is 2. The molecule has 0 bridgehead atoms. The lowest BCUT2D eigenvalue weighted by atomic mass is 10.1. The number of fused-ring (bicyclic) bond motifs is 2. The van der Waals surface area contributed by atoms with Crippen LogP contribution in [0.5, 0.6) is 0 Å². The first kappa shape index (κ1) is 12.3. The summed E-state index contributed by atoms with van der Waals surface area (Å²) in [4.78, 5) is 4.10. The number of aromatic amines is 1. The van der Waals surface area contributed by atoms with E-state index >= 15 is 0 Å². The van der Waals surface area contributed by atoms with E-state index in [0.717, 1.165) is 32.8 Å². The van der Waals surface area contributed by atoms with Gasteiger partial charge in [-0.3, -0.25) is 0 Å². The van der Waals surface area contributed by atoms with E-state index in [-0.39, 0.29) is 0 Å². The molecular formula is C17H14N2OS. The summed E-state index contributed by atoms with van der Waals surface area (Å²) < 4.78 is 15.8. The number of nitrogens with one attached hydrogen (secondary N) is 2. The van der Waals surface area contributed by atoms with Crippen molar-refractivity contribution in [2.75, 3.05) is 0 Å². The third kappa shape index (κ3) is 1.96. The molecule has 104 valence electrons. The summed E-state index contributed by atoms with van der Waals surface area (Å²) in [6.45, 7) is 0. The Morgan fingerprint density at radius 2 is 1.76 bits per heavy atom. The smallest absolute Gasteiger partial charge is 0.0745 e. The Bertz CT molecular complexity index is 948. The largest absolute Gasteiger partial charge is 0.353 e. The van der Waals surface area contributed by atoms with Gasteiger partial charge in [-0.15, -0.1) is 0 Å². The number of benzene rings is 2. The average Bonchev–Trinajstić information content (AvgIpc) is 2.90. The average molecular weight is 294 g/mol. The zero-order valence-corrected chi connectivity index (χ0v) is 12.1. The Kier molecular flexibility index (Phi) is 2.50. The summed E-state index contributed by atoms with van der Waals surface area (Å²) in [7, 11) is -2.52. The normalized spacial score (nSPS) is 20.7. The lowest BCUT2D eigenvalue weighted by molar-refractivity contribution is 0.677. The number of hydrogen-bond acceptors (Lipinski definition) is 1. The number of para-hydroxylation sites is 1. The first-order valence-electron chi connectivity index (χ1n) is 6.67. The minimum absolute atomic E-state index is 0.755. The predicted octanol–water partition coefficient (Wildman–Crippen LogP) is 3.26. The molecule has 3 aromatic rings. The van der Waals surface area contributed by atoms with E-state index in [2.05, 4.69) is 21.6 Å². The molecular weight excluding hydrogens is 280 g/mol. The first-order valence-corrected chi connectivity index (χ1v) is 8.40. The Morgan fingerprint density at radius 3 is 2.62 bits per heavy atom. The maximum atomic E-state index is 12.8. The van der Waals surface area contributed by atoms with Crippen LogP contribution in [0.4, 0.5) is 0 Å². The molecule has 2 N–H and O–H groups in total. The van der Waals surface area contributed by atoms with Crippen LogP contribution in [0, 0.1) is 0 Å². The summed E-state index contributed by atoms with van der Waals surface area (Å²) in [5, 5.41) is 1.13. The van der Waals surface area contributed by atoms with Crippen LogP contribution in [0.1, 0.15) is 11.3 Å². The van der Waals surface area contributed by atoms with Gasteiger partial charge in [0.05, 0.1) is 26.0 Å². The summed E-state index contributed by atoms with van der Waals surface area (Å²) in [5.41, 5.74) is 3.74. The van der Waals surface area contributed by atoms with E-state index < -0.39 is 9.71 Å². The van der Waals surface area contributed by atoms with E-state index in [0.29, 0.717) is 0 Å². The molecule has 1 aromatic heterocycles. The molecule has 0 spiro atoms. The van der Waals surface area contributed by atoms with Crippen molar-refractivity contribution in [3.05, 3.63) is 65.9 Å². The van der Waals surface area contributed by atoms with E-state index in [9.17, 15) is 4.21 Å². The summed E-state index contributed by atoms with van der Waals surface area (Å²) in [5.74, 6) is 3.86. The Balaban J connectivity index is 1.92. The van der Waals surface area contributed by atoms with Crippen molar-refractivity contribution < 1.29 is 4.21 Å². The molecule has 3 nitrogen and oxygen atoms in total. The van der Waals surface area contributed by atoms with Crippen LogP contribution in [-0.4, -0.2) is 15.1 Å². The summed E-state index contributed by atoms with van der Waals surface area (Å²) in [6, 6.07) is 17.8. The van der Waals surface area contributed by atoms with Gasteiger partial charge < -0.3 is 9.71 Å². The molecule has 0 amide bonds. The van der Waals surface area contributed by atoms with Crippen molar-refractivity contribution in [3.63, 3.8) is 0 Å². The third-order valence-corrected chi connectivity index (χ3v) is 5.30. The summed E-state index contributed by atoms with van der Waals surface area (Å²) in [6.07, 6.45) is 2.01. The molecule has 0 saturated heterocycles. The Labute approximate surface area is 123 Å². The fraction of sp³-hybridized carbons (Fsp3) is 0. The fourth-order valence-corrected chi connectivity index (χ4v) is 4.11. The van der Waals surface area contributed by atoms with E-state index in [1.54, 1.807) is 0 Å². The standard InChI is InChI=1S/C17H14N2OS/c1-21(20)17-9-5-3-7-13(17)11-16(19-21)15-10-12-6-2-4-8-14(12)18-15/h2-11,18H,1H2,(H,19,20). The molecule has 0 fully saturated rings. The van der Waals surface area contributed by atoms with Gasteiger partial charge in [0, 0.05) is 10.9 Å². The van der Waals surface area contributed by atoms with Gasteiger partial charge in [0.1, 0.15) is 0 Å². The second kappa shape index (κ2) is 4.27.